The Morgan fingerprint density at radius 3 is 2.58 bits per heavy atom. The Balaban J connectivity index is 2.10. The largest absolute Gasteiger partial charge is 0.329 e. The predicted molar refractivity (Wildman–Crippen MR) is 84.3 cm³/mol. The Labute approximate surface area is 126 Å². The quantitative estimate of drug-likeness (QED) is 0.908. The molecule has 1 atom stereocenters. The lowest BCUT2D eigenvalue weighted by atomic mass is 10.1. The number of likely N-dealkylation sites (N-methyl/N-ethyl adjacent to an activating group) is 1. The second-order valence-corrected chi connectivity index (χ2v) is 6.55. The van der Waals surface area contributed by atoms with Gasteiger partial charge in [0.2, 0.25) is 0 Å². The van der Waals surface area contributed by atoms with Gasteiger partial charge in [-0.25, -0.2) is 4.98 Å². The highest BCUT2D eigenvalue weighted by Gasteiger charge is 2.16. The van der Waals surface area contributed by atoms with E-state index in [1.165, 1.54) is 5.56 Å². The molecule has 0 amide bonds. The molecule has 0 saturated carbocycles. The van der Waals surface area contributed by atoms with Crippen molar-refractivity contribution in [3.05, 3.63) is 50.4 Å². The molecule has 0 aliphatic heterocycles. The van der Waals surface area contributed by atoms with E-state index in [1.807, 2.05) is 6.92 Å². The predicted octanol–water partition coefficient (Wildman–Crippen LogP) is 3.35. The van der Waals surface area contributed by atoms with Gasteiger partial charge in [-0.2, -0.15) is 0 Å². The number of benzene rings is 1. The zero-order chi connectivity index (χ0) is 13.8. The molecule has 1 heterocycles. The Morgan fingerprint density at radius 2 is 2.05 bits per heavy atom. The van der Waals surface area contributed by atoms with Crippen LogP contribution < -0.4 is 5.73 Å². The summed E-state index contributed by atoms with van der Waals surface area (Å²) < 4.78 is 1.09. The topological polar surface area (TPSA) is 42.2 Å². The van der Waals surface area contributed by atoms with E-state index in [0.29, 0.717) is 6.54 Å². The average molecular weight is 340 g/mol. The van der Waals surface area contributed by atoms with Crippen LogP contribution in [-0.4, -0.2) is 23.5 Å². The number of aryl methyl sites for hydroxylation is 1. The molecule has 1 aromatic carbocycles. The monoisotopic (exact) mass is 339 g/mol. The summed E-state index contributed by atoms with van der Waals surface area (Å²) in [5.74, 6) is 0. The van der Waals surface area contributed by atoms with Gasteiger partial charge >= 0.3 is 0 Å². The second-order valence-electron chi connectivity index (χ2n) is 4.58. The fourth-order valence-electron chi connectivity index (χ4n) is 2.10. The van der Waals surface area contributed by atoms with Gasteiger partial charge in [0.1, 0.15) is 0 Å². The third kappa shape index (κ3) is 3.86. The molecule has 0 bridgehead atoms. The molecule has 2 aromatic rings. The van der Waals surface area contributed by atoms with Crippen molar-refractivity contribution in [2.75, 3.05) is 13.6 Å². The smallest absolute Gasteiger partial charge is 0.0897 e. The van der Waals surface area contributed by atoms with Crippen LogP contribution in [0, 0.1) is 6.92 Å². The van der Waals surface area contributed by atoms with Gasteiger partial charge in [-0.1, -0.05) is 28.1 Å². The maximum atomic E-state index is 5.93. The number of hydrogen-bond acceptors (Lipinski definition) is 4. The summed E-state index contributed by atoms with van der Waals surface area (Å²) >= 11 is 5.14. The van der Waals surface area contributed by atoms with E-state index < -0.39 is 0 Å². The first kappa shape index (κ1) is 14.7. The third-order valence-electron chi connectivity index (χ3n) is 3.09. The average Bonchev–Trinajstić information content (AvgIpc) is 2.78. The third-order valence-corrected chi connectivity index (χ3v) is 4.44. The number of nitrogens with two attached hydrogens (primary N) is 1. The van der Waals surface area contributed by atoms with Gasteiger partial charge in [-0.15, -0.1) is 11.3 Å². The number of halogens is 1. The molecule has 5 heteroatoms. The van der Waals surface area contributed by atoms with E-state index in [1.54, 1.807) is 11.3 Å². The molecule has 0 aliphatic carbocycles. The van der Waals surface area contributed by atoms with Crippen molar-refractivity contribution in [2.45, 2.75) is 19.5 Å². The maximum Gasteiger partial charge on any atom is 0.0897 e. The molecule has 1 aromatic heterocycles. The first-order chi connectivity index (χ1) is 9.10. The van der Waals surface area contributed by atoms with Crippen LogP contribution in [0.4, 0.5) is 0 Å². The van der Waals surface area contributed by atoms with E-state index in [-0.39, 0.29) is 6.04 Å². The van der Waals surface area contributed by atoms with Crippen LogP contribution >= 0.6 is 27.3 Å². The normalized spacial score (nSPS) is 12.9. The van der Waals surface area contributed by atoms with Gasteiger partial charge in [0.25, 0.3) is 0 Å². The van der Waals surface area contributed by atoms with E-state index >= 15 is 0 Å². The van der Waals surface area contributed by atoms with Crippen LogP contribution in [0.3, 0.4) is 0 Å². The number of nitrogens with zero attached hydrogens (tertiary/aromatic N) is 2. The fraction of sp³-hybridized carbons (Fsp3) is 0.357. The number of rotatable bonds is 5. The summed E-state index contributed by atoms with van der Waals surface area (Å²) in [6.45, 7) is 3.45. The molecule has 1 unspecified atom stereocenters. The fourth-order valence-corrected chi connectivity index (χ4v) is 2.97. The minimum absolute atomic E-state index is 0.218. The number of aromatic nitrogens is 1. The highest BCUT2D eigenvalue weighted by atomic mass is 79.9. The SMILES string of the molecule is Cc1nc(CN(C)C(CN)c2ccc(Br)cc2)cs1. The molecule has 2 N–H and O–H groups in total. The molecule has 0 saturated heterocycles. The van der Waals surface area contributed by atoms with E-state index in [9.17, 15) is 0 Å². The van der Waals surface area contributed by atoms with Crippen molar-refractivity contribution in [3.63, 3.8) is 0 Å². The van der Waals surface area contributed by atoms with Crippen LogP contribution in [-0.2, 0) is 6.54 Å². The molecule has 0 fully saturated rings. The van der Waals surface area contributed by atoms with Gasteiger partial charge in [0.05, 0.1) is 10.7 Å². The zero-order valence-electron chi connectivity index (χ0n) is 11.1. The lowest BCUT2D eigenvalue weighted by molar-refractivity contribution is 0.239. The molecule has 2 rings (SSSR count). The molecular formula is C14H18BrN3S. The molecule has 3 nitrogen and oxygen atoms in total. The Morgan fingerprint density at radius 1 is 1.37 bits per heavy atom. The molecule has 0 spiro atoms. The number of hydrogen-bond donors (Lipinski definition) is 1. The van der Waals surface area contributed by atoms with Gasteiger partial charge in [0, 0.05) is 29.0 Å². The summed E-state index contributed by atoms with van der Waals surface area (Å²) in [6, 6.07) is 8.56. The van der Waals surface area contributed by atoms with E-state index in [0.717, 1.165) is 21.7 Å². The van der Waals surface area contributed by atoms with Gasteiger partial charge < -0.3 is 5.73 Å². The lowest BCUT2D eigenvalue weighted by Crippen LogP contribution is -2.30. The van der Waals surface area contributed by atoms with Gasteiger partial charge in [-0.05, 0) is 31.7 Å². The molecule has 0 aliphatic rings. The van der Waals surface area contributed by atoms with Crippen LogP contribution in [0.5, 0.6) is 0 Å². The Kier molecular flexibility index (Phi) is 5.10. The summed E-state index contributed by atoms with van der Waals surface area (Å²) in [5, 5.41) is 3.22. The summed E-state index contributed by atoms with van der Waals surface area (Å²) in [4.78, 5) is 6.75. The second kappa shape index (κ2) is 6.61. The maximum absolute atomic E-state index is 5.93. The lowest BCUT2D eigenvalue weighted by Gasteiger charge is -2.26. The summed E-state index contributed by atoms with van der Waals surface area (Å²) in [5.41, 5.74) is 8.28. The number of thiazole rings is 1. The van der Waals surface area contributed by atoms with Crippen LogP contribution in [0.15, 0.2) is 34.1 Å². The zero-order valence-corrected chi connectivity index (χ0v) is 13.5. The standard InChI is InChI=1S/C14H18BrN3S/c1-10-17-13(9-19-10)8-18(2)14(7-16)11-3-5-12(15)6-4-11/h3-6,9,14H,7-8,16H2,1-2H3. The van der Waals surface area contributed by atoms with Crippen molar-refractivity contribution in [1.82, 2.24) is 9.88 Å². The van der Waals surface area contributed by atoms with Crippen LogP contribution in [0.2, 0.25) is 0 Å². The first-order valence-corrected chi connectivity index (χ1v) is 7.84. The van der Waals surface area contributed by atoms with Crippen molar-refractivity contribution in [2.24, 2.45) is 5.73 Å². The van der Waals surface area contributed by atoms with Crippen LogP contribution in [0.1, 0.15) is 22.3 Å². The van der Waals surface area contributed by atoms with Gasteiger partial charge in [-0.3, -0.25) is 4.90 Å². The van der Waals surface area contributed by atoms with Crippen LogP contribution in [0.25, 0.3) is 0 Å². The summed E-state index contributed by atoms with van der Waals surface area (Å²) in [7, 11) is 2.09. The minimum atomic E-state index is 0.218. The Hall–Kier alpha value is -0.750. The van der Waals surface area contributed by atoms with E-state index in [4.69, 9.17) is 5.73 Å². The Bertz CT molecular complexity index is 524. The molecular weight excluding hydrogens is 322 g/mol. The minimum Gasteiger partial charge on any atom is -0.329 e. The highest BCUT2D eigenvalue weighted by Crippen LogP contribution is 2.22. The molecule has 19 heavy (non-hydrogen) atoms. The highest BCUT2D eigenvalue weighted by molar-refractivity contribution is 9.10. The van der Waals surface area contributed by atoms with E-state index in [2.05, 4.69) is 62.5 Å². The van der Waals surface area contributed by atoms with Crippen molar-refractivity contribution in [1.29, 1.82) is 0 Å². The summed E-state index contributed by atoms with van der Waals surface area (Å²) in [6.07, 6.45) is 0. The molecule has 102 valence electrons. The van der Waals surface area contributed by atoms with Crippen molar-refractivity contribution in [3.8, 4) is 0 Å². The van der Waals surface area contributed by atoms with Crippen molar-refractivity contribution < 1.29 is 0 Å². The van der Waals surface area contributed by atoms with Crippen molar-refractivity contribution >= 4 is 27.3 Å². The van der Waals surface area contributed by atoms with Gasteiger partial charge in [0.15, 0.2) is 0 Å². The molecule has 0 radical (unpaired) electrons. The first-order valence-electron chi connectivity index (χ1n) is 6.17.